The zero-order valence-electron chi connectivity index (χ0n) is 9.22. The van der Waals surface area contributed by atoms with Crippen molar-refractivity contribution in [2.75, 3.05) is 18.0 Å². The van der Waals surface area contributed by atoms with Crippen LogP contribution in [0.5, 0.6) is 0 Å². The molecule has 0 amide bonds. The predicted octanol–water partition coefficient (Wildman–Crippen LogP) is 2.13. The van der Waals surface area contributed by atoms with Crippen LogP contribution in [0.15, 0.2) is 22.6 Å². The van der Waals surface area contributed by atoms with E-state index in [4.69, 9.17) is 9.52 Å². The van der Waals surface area contributed by atoms with Crippen molar-refractivity contribution in [1.82, 2.24) is 4.98 Å². The molecule has 3 rings (SSSR count). The number of aromatic nitrogens is 1. The van der Waals surface area contributed by atoms with Crippen molar-refractivity contribution >= 4 is 23.1 Å². The average molecular weight is 232 g/mol. The predicted molar refractivity (Wildman–Crippen MR) is 62.4 cm³/mol. The Morgan fingerprint density at radius 1 is 1.35 bits per heavy atom. The first-order chi connectivity index (χ1) is 8.24. The lowest BCUT2D eigenvalue weighted by Crippen LogP contribution is -2.17. The van der Waals surface area contributed by atoms with E-state index in [1.165, 1.54) is 6.07 Å². The Balaban J connectivity index is 2.03. The summed E-state index contributed by atoms with van der Waals surface area (Å²) >= 11 is 0. The third kappa shape index (κ3) is 1.73. The van der Waals surface area contributed by atoms with E-state index in [2.05, 4.69) is 9.88 Å². The highest BCUT2D eigenvalue weighted by molar-refractivity contribution is 5.92. The lowest BCUT2D eigenvalue weighted by Gasteiger charge is -2.10. The second kappa shape index (κ2) is 3.76. The summed E-state index contributed by atoms with van der Waals surface area (Å²) < 4.78 is 5.61. The monoisotopic (exact) mass is 232 g/mol. The Hall–Kier alpha value is -2.04. The number of rotatable bonds is 2. The molecule has 1 saturated heterocycles. The molecule has 0 atom stereocenters. The summed E-state index contributed by atoms with van der Waals surface area (Å²) in [6.45, 7) is 1.91. The number of benzene rings is 1. The molecule has 17 heavy (non-hydrogen) atoms. The summed E-state index contributed by atoms with van der Waals surface area (Å²) in [4.78, 5) is 17.3. The van der Waals surface area contributed by atoms with Gasteiger partial charge in [-0.1, -0.05) is 0 Å². The summed E-state index contributed by atoms with van der Waals surface area (Å²) in [5.74, 6) is -0.947. The Labute approximate surface area is 97.7 Å². The van der Waals surface area contributed by atoms with Crippen LogP contribution in [0.2, 0.25) is 0 Å². The first-order valence-electron chi connectivity index (χ1n) is 5.63. The Kier molecular flexibility index (Phi) is 2.24. The normalized spacial score (nSPS) is 15.6. The molecule has 1 fully saturated rings. The molecule has 5 heteroatoms. The molecule has 0 bridgehead atoms. The van der Waals surface area contributed by atoms with Crippen molar-refractivity contribution in [3.8, 4) is 0 Å². The van der Waals surface area contributed by atoms with E-state index in [0.717, 1.165) is 25.9 Å². The van der Waals surface area contributed by atoms with Gasteiger partial charge in [-0.3, -0.25) is 0 Å². The van der Waals surface area contributed by atoms with Crippen molar-refractivity contribution in [1.29, 1.82) is 0 Å². The van der Waals surface area contributed by atoms with E-state index in [1.807, 2.05) is 0 Å². The fourth-order valence-electron chi connectivity index (χ4n) is 2.09. The molecule has 1 N–H and O–H groups in total. The van der Waals surface area contributed by atoms with Crippen molar-refractivity contribution in [2.45, 2.75) is 12.8 Å². The van der Waals surface area contributed by atoms with Gasteiger partial charge in [-0.15, -0.1) is 0 Å². The zero-order chi connectivity index (χ0) is 11.8. The summed E-state index contributed by atoms with van der Waals surface area (Å²) in [6, 6.07) is 5.33. The minimum absolute atomic E-state index is 0.235. The minimum atomic E-state index is -0.947. The van der Waals surface area contributed by atoms with Crippen LogP contribution in [0.3, 0.4) is 0 Å². The van der Waals surface area contributed by atoms with Crippen LogP contribution in [0.4, 0.5) is 6.01 Å². The van der Waals surface area contributed by atoms with Gasteiger partial charge >= 0.3 is 5.97 Å². The quantitative estimate of drug-likeness (QED) is 0.859. The maximum absolute atomic E-state index is 10.8. The summed E-state index contributed by atoms with van der Waals surface area (Å²) in [6.07, 6.45) is 2.30. The number of hydrogen-bond donors (Lipinski definition) is 1. The van der Waals surface area contributed by atoms with Crippen molar-refractivity contribution < 1.29 is 14.3 Å². The number of fused-ring (bicyclic) bond motifs is 1. The Morgan fingerprint density at radius 3 is 2.82 bits per heavy atom. The number of hydrogen-bond acceptors (Lipinski definition) is 4. The van der Waals surface area contributed by atoms with Gasteiger partial charge in [0.2, 0.25) is 0 Å². The topological polar surface area (TPSA) is 66.6 Å². The number of nitrogens with zero attached hydrogens (tertiary/aromatic N) is 2. The number of aromatic carboxylic acids is 1. The average Bonchev–Trinajstić information content (AvgIpc) is 2.96. The van der Waals surface area contributed by atoms with Crippen molar-refractivity contribution in [3.63, 3.8) is 0 Å². The second-order valence-electron chi connectivity index (χ2n) is 4.18. The van der Waals surface area contributed by atoms with E-state index in [-0.39, 0.29) is 5.56 Å². The lowest BCUT2D eigenvalue weighted by atomic mass is 10.2. The highest BCUT2D eigenvalue weighted by Crippen LogP contribution is 2.25. The first kappa shape index (κ1) is 10.1. The molecular formula is C12H12N2O3. The fraction of sp³-hybridized carbons (Fsp3) is 0.333. The smallest absolute Gasteiger partial charge is 0.335 e. The van der Waals surface area contributed by atoms with E-state index < -0.39 is 5.97 Å². The molecule has 2 aromatic rings. The third-order valence-electron chi connectivity index (χ3n) is 3.00. The van der Waals surface area contributed by atoms with E-state index in [0.29, 0.717) is 17.1 Å². The van der Waals surface area contributed by atoms with E-state index in [9.17, 15) is 4.79 Å². The van der Waals surface area contributed by atoms with Gasteiger partial charge in [-0.2, -0.15) is 4.98 Å². The maximum atomic E-state index is 10.8. The molecule has 0 saturated carbocycles. The number of carboxylic acids is 1. The molecule has 5 nitrogen and oxygen atoms in total. The van der Waals surface area contributed by atoms with Gasteiger partial charge < -0.3 is 14.4 Å². The molecule has 2 heterocycles. The molecule has 0 spiro atoms. The van der Waals surface area contributed by atoms with Crippen LogP contribution in [-0.2, 0) is 0 Å². The Bertz CT molecular complexity index is 570. The summed E-state index contributed by atoms with van der Waals surface area (Å²) in [5, 5.41) is 8.89. The number of carboxylic acid groups (broad SMARTS) is 1. The molecule has 0 unspecified atom stereocenters. The SMILES string of the molecule is O=C(O)c1ccc2oc(N3CCCC3)nc2c1. The van der Waals surface area contributed by atoms with Crippen LogP contribution >= 0.6 is 0 Å². The standard InChI is InChI=1S/C12H12N2O3/c15-11(16)8-3-4-10-9(7-8)13-12(17-10)14-5-1-2-6-14/h3-4,7H,1-2,5-6H2,(H,15,16). The molecule has 0 radical (unpaired) electrons. The maximum Gasteiger partial charge on any atom is 0.335 e. The summed E-state index contributed by atoms with van der Waals surface area (Å²) in [5.41, 5.74) is 1.47. The molecule has 0 aliphatic carbocycles. The first-order valence-corrected chi connectivity index (χ1v) is 5.63. The van der Waals surface area contributed by atoms with Crippen LogP contribution < -0.4 is 4.90 Å². The molecule has 1 aliphatic heterocycles. The largest absolute Gasteiger partial charge is 0.478 e. The molecule has 88 valence electrons. The van der Waals surface area contributed by atoms with Gasteiger partial charge in [0.1, 0.15) is 5.52 Å². The zero-order valence-corrected chi connectivity index (χ0v) is 9.22. The van der Waals surface area contributed by atoms with Gasteiger partial charge in [-0.05, 0) is 31.0 Å². The molecule has 1 aromatic carbocycles. The second-order valence-corrected chi connectivity index (χ2v) is 4.18. The highest BCUT2D eigenvalue weighted by atomic mass is 16.4. The highest BCUT2D eigenvalue weighted by Gasteiger charge is 2.18. The third-order valence-corrected chi connectivity index (χ3v) is 3.00. The summed E-state index contributed by atoms with van der Waals surface area (Å²) in [7, 11) is 0. The van der Waals surface area contributed by atoms with Crippen molar-refractivity contribution in [2.24, 2.45) is 0 Å². The van der Waals surface area contributed by atoms with Gasteiger partial charge in [-0.25, -0.2) is 4.79 Å². The molecular weight excluding hydrogens is 220 g/mol. The van der Waals surface area contributed by atoms with Crippen LogP contribution in [0.1, 0.15) is 23.2 Å². The number of anilines is 1. The van der Waals surface area contributed by atoms with Gasteiger partial charge in [0, 0.05) is 13.1 Å². The Morgan fingerprint density at radius 2 is 2.12 bits per heavy atom. The van der Waals surface area contributed by atoms with Crippen LogP contribution in [0, 0.1) is 0 Å². The van der Waals surface area contributed by atoms with E-state index >= 15 is 0 Å². The lowest BCUT2D eigenvalue weighted by molar-refractivity contribution is 0.0697. The molecule has 1 aliphatic rings. The minimum Gasteiger partial charge on any atom is -0.478 e. The van der Waals surface area contributed by atoms with Gasteiger partial charge in [0.05, 0.1) is 5.56 Å². The number of carbonyl (C=O) groups is 1. The van der Waals surface area contributed by atoms with Gasteiger partial charge in [0.15, 0.2) is 5.58 Å². The fourth-order valence-corrected chi connectivity index (χ4v) is 2.09. The van der Waals surface area contributed by atoms with Crippen molar-refractivity contribution in [3.05, 3.63) is 23.8 Å². The van der Waals surface area contributed by atoms with Crippen LogP contribution in [0.25, 0.3) is 11.1 Å². The van der Waals surface area contributed by atoms with Crippen LogP contribution in [-0.4, -0.2) is 29.1 Å². The number of oxazole rings is 1. The van der Waals surface area contributed by atoms with E-state index in [1.54, 1.807) is 12.1 Å². The molecule has 1 aromatic heterocycles. The van der Waals surface area contributed by atoms with Gasteiger partial charge in [0.25, 0.3) is 6.01 Å².